The molecule has 1 aromatic heterocycles. The molecule has 3 rings (SSSR count). The number of nitrogens with two attached hydrogens (primary N) is 1. The zero-order chi connectivity index (χ0) is 17.3. The van der Waals surface area contributed by atoms with Crippen molar-refractivity contribution >= 4 is 37.7 Å². The number of carboxylic acid groups (broad SMARTS) is 1. The van der Waals surface area contributed by atoms with Gasteiger partial charge in [0.15, 0.2) is 0 Å². The van der Waals surface area contributed by atoms with Gasteiger partial charge in [-0.1, -0.05) is 0 Å². The molecule has 0 radical (unpaired) electrons. The standard InChI is InChI=1S/C15H12N4O4Se/c16-11(15(20)21)7-8-1-3-9(4-2-8)10-5-6-12(19(22)23)14-13(10)17-24-18-14/h1-6,11H,7,16H2,(H,20,21). The molecular weight excluding hydrogens is 379 g/mol. The molecule has 2 aromatic carbocycles. The summed E-state index contributed by atoms with van der Waals surface area (Å²) in [5.41, 5.74) is 8.77. The van der Waals surface area contributed by atoms with E-state index in [2.05, 4.69) is 7.96 Å². The molecule has 0 amide bonds. The van der Waals surface area contributed by atoms with E-state index in [1.165, 1.54) is 6.07 Å². The van der Waals surface area contributed by atoms with E-state index < -0.39 is 16.9 Å². The first-order valence-corrected chi connectivity index (χ1v) is 8.48. The molecular formula is C15H12N4O4Se. The Morgan fingerprint density at radius 1 is 1.21 bits per heavy atom. The fraction of sp³-hybridized carbons (Fsp3) is 0.133. The molecule has 0 aliphatic heterocycles. The number of aromatic nitrogens is 2. The Hall–Kier alpha value is -2.61. The Kier molecular flexibility index (Phi) is 4.39. The fourth-order valence-electron chi connectivity index (χ4n) is 2.40. The van der Waals surface area contributed by atoms with E-state index in [1.807, 2.05) is 12.1 Å². The second-order valence-corrected chi connectivity index (χ2v) is 6.31. The minimum absolute atomic E-state index is 0.0408. The van der Waals surface area contributed by atoms with Crippen molar-refractivity contribution in [1.29, 1.82) is 0 Å². The number of carbonyl (C=O) groups is 1. The zero-order valence-electron chi connectivity index (χ0n) is 12.2. The number of fused-ring (bicyclic) bond motifs is 1. The van der Waals surface area contributed by atoms with Crippen molar-refractivity contribution in [2.45, 2.75) is 12.5 Å². The molecule has 8 nitrogen and oxygen atoms in total. The average molecular weight is 391 g/mol. The molecule has 0 aliphatic rings. The first kappa shape index (κ1) is 16.3. The van der Waals surface area contributed by atoms with E-state index in [0.29, 0.717) is 11.0 Å². The monoisotopic (exact) mass is 392 g/mol. The van der Waals surface area contributed by atoms with Gasteiger partial charge < -0.3 is 0 Å². The van der Waals surface area contributed by atoms with Crippen LogP contribution in [0.3, 0.4) is 0 Å². The van der Waals surface area contributed by atoms with Gasteiger partial charge in [-0.05, 0) is 0 Å². The molecule has 3 aromatic rings. The van der Waals surface area contributed by atoms with Crippen LogP contribution in [0.4, 0.5) is 5.69 Å². The number of benzene rings is 2. The van der Waals surface area contributed by atoms with Crippen LogP contribution in [0.1, 0.15) is 5.56 Å². The SMILES string of the molecule is NC(Cc1ccc(-c2ccc([N+](=O)[O-])c3n[se]nc23)cc1)C(=O)O. The van der Waals surface area contributed by atoms with Gasteiger partial charge in [-0.25, -0.2) is 0 Å². The van der Waals surface area contributed by atoms with Crippen molar-refractivity contribution in [3.05, 3.63) is 52.1 Å². The first-order chi connectivity index (χ1) is 11.5. The zero-order valence-corrected chi connectivity index (χ0v) is 14.0. The Bertz CT molecular complexity index is 923. The summed E-state index contributed by atoms with van der Waals surface area (Å²) in [6.45, 7) is 0. The van der Waals surface area contributed by atoms with Crippen LogP contribution in [-0.4, -0.2) is 45.0 Å². The van der Waals surface area contributed by atoms with E-state index in [0.717, 1.165) is 16.7 Å². The average Bonchev–Trinajstić information content (AvgIpc) is 3.04. The first-order valence-electron chi connectivity index (χ1n) is 6.94. The number of carboxylic acids is 1. The number of hydrogen-bond acceptors (Lipinski definition) is 6. The number of nitro benzene ring substituents is 1. The van der Waals surface area contributed by atoms with Crippen molar-refractivity contribution in [2.75, 3.05) is 0 Å². The van der Waals surface area contributed by atoms with Crippen LogP contribution in [0.2, 0.25) is 0 Å². The van der Waals surface area contributed by atoms with Gasteiger partial charge in [0.05, 0.1) is 0 Å². The molecule has 0 aliphatic carbocycles. The van der Waals surface area contributed by atoms with Crippen LogP contribution in [0.15, 0.2) is 36.4 Å². The third-order valence-electron chi connectivity index (χ3n) is 3.63. The molecule has 1 heterocycles. The number of non-ortho nitro benzene ring substituents is 1. The second-order valence-electron chi connectivity index (χ2n) is 5.20. The Labute approximate surface area is 142 Å². The third-order valence-corrected chi connectivity index (χ3v) is 4.74. The van der Waals surface area contributed by atoms with E-state index in [1.54, 1.807) is 18.2 Å². The van der Waals surface area contributed by atoms with Crippen LogP contribution in [0.5, 0.6) is 0 Å². The molecule has 3 N–H and O–H groups in total. The summed E-state index contributed by atoms with van der Waals surface area (Å²) >= 11 is -0.378. The molecule has 1 unspecified atom stereocenters. The summed E-state index contributed by atoms with van der Waals surface area (Å²) in [6.07, 6.45) is 0.233. The van der Waals surface area contributed by atoms with Gasteiger partial charge in [0.2, 0.25) is 0 Å². The molecule has 0 bridgehead atoms. The Balaban J connectivity index is 1.97. The van der Waals surface area contributed by atoms with E-state index in [9.17, 15) is 14.9 Å². The van der Waals surface area contributed by atoms with Gasteiger partial charge in [-0.15, -0.1) is 0 Å². The Morgan fingerprint density at radius 2 is 1.88 bits per heavy atom. The molecule has 24 heavy (non-hydrogen) atoms. The van der Waals surface area contributed by atoms with Gasteiger partial charge in [0.25, 0.3) is 0 Å². The molecule has 0 saturated heterocycles. The predicted octanol–water partition coefficient (Wildman–Crippen LogP) is 1.22. The molecule has 0 saturated carbocycles. The normalized spacial score (nSPS) is 12.2. The van der Waals surface area contributed by atoms with Crippen LogP contribution >= 0.6 is 0 Å². The van der Waals surface area contributed by atoms with Gasteiger partial charge in [-0.3, -0.25) is 0 Å². The number of rotatable bonds is 5. The number of nitro groups is 1. The van der Waals surface area contributed by atoms with Crippen molar-refractivity contribution in [1.82, 2.24) is 7.96 Å². The fourth-order valence-corrected chi connectivity index (χ4v) is 3.59. The van der Waals surface area contributed by atoms with Gasteiger partial charge in [0.1, 0.15) is 0 Å². The van der Waals surface area contributed by atoms with Crippen LogP contribution in [-0.2, 0) is 11.2 Å². The second kappa shape index (κ2) is 6.48. The molecule has 9 heteroatoms. The summed E-state index contributed by atoms with van der Waals surface area (Å²) in [6, 6.07) is 9.39. The number of nitrogens with zero attached hydrogens (tertiary/aromatic N) is 3. The topological polar surface area (TPSA) is 132 Å². The van der Waals surface area contributed by atoms with Gasteiger partial charge in [-0.2, -0.15) is 0 Å². The van der Waals surface area contributed by atoms with Crippen molar-refractivity contribution in [3.63, 3.8) is 0 Å². The van der Waals surface area contributed by atoms with E-state index >= 15 is 0 Å². The summed E-state index contributed by atoms with van der Waals surface area (Å²) < 4.78 is 8.46. The third kappa shape index (κ3) is 3.05. The maximum atomic E-state index is 11.1. The van der Waals surface area contributed by atoms with Crippen molar-refractivity contribution in [2.24, 2.45) is 5.73 Å². The summed E-state index contributed by atoms with van der Waals surface area (Å²) in [5.74, 6) is -1.05. The van der Waals surface area contributed by atoms with E-state index in [-0.39, 0.29) is 27.1 Å². The van der Waals surface area contributed by atoms with Crippen molar-refractivity contribution in [3.8, 4) is 11.1 Å². The van der Waals surface area contributed by atoms with Crippen LogP contribution < -0.4 is 5.73 Å². The number of hydrogen-bond donors (Lipinski definition) is 2. The molecule has 0 spiro atoms. The van der Waals surface area contributed by atoms with E-state index in [4.69, 9.17) is 10.8 Å². The summed E-state index contributed by atoms with van der Waals surface area (Å²) in [7, 11) is 0. The summed E-state index contributed by atoms with van der Waals surface area (Å²) in [4.78, 5) is 21.4. The summed E-state index contributed by atoms with van der Waals surface area (Å²) in [5, 5.41) is 19.9. The van der Waals surface area contributed by atoms with Gasteiger partial charge in [0, 0.05) is 0 Å². The predicted molar refractivity (Wildman–Crippen MR) is 87.9 cm³/mol. The molecule has 1 atom stereocenters. The minimum atomic E-state index is -1.05. The number of aliphatic carboxylic acids is 1. The Morgan fingerprint density at radius 3 is 2.50 bits per heavy atom. The molecule has 122 valence electrons. The van der Waals surface area contributed by atoms with Crippen LogP contribution in [0, 0.1) is 10.1 Å². The van der Waals surface area contributed by atoms with Gasteiger partial charge >= 0.3 is 142 Å². The van der Waals surface area contributed by atoms with Crippen LogP contribution in [0.25, 0.3) is 22.2 Å². The maximum absolute atomic E-state index is 11.1. The quantitative estimate of drug-likeness (QED) is 0.380. The van der Waals surface area contributed by atoms with Crippen molar-refractivity contribution < 1.29 is 14.8 Å². The molecule has 0 fully saturated rings.